The molecule has 2 aliphatic rings. The molecule has 2 aliphatic carbocycles. The number of benzene rings is 1. The predicted molar refractivity (Wildman–Crippen MR) is 114 cm³/mol. The van der Waals surface area contributed by atoms with E-state index in [-0.39, 0.29) is 0 Å². The van der Waals surface area contributed by atoms with Crippen LogP contribution in [0.5, 0.6) is 0 Å². The largest absolute Gasteiger partial charge is 0.440 e. The van der Waals surface area contributed by atoms with Crippen LogP contribution in [-0.2, 0) is 0 Å². The molecule has 0 saturated heterocycles. The molecule has 0 bridgehead atoms. The van der Waals surface area contributed by atoms with Crippen LogP contribution in [0.15, 0.2) is 16.1 Å². The number of hydrogen-bond donors (Lipinski definition) is 0. The van der Waals surface area contributed by atoms with E-state index in [1.807, 2.05) is 0 Å². The van der Waals surface area contributed by atoms with Crippen molar-refractivity contribution >= 4 is 11.1 Å². The molecule has 1 aromatic heterocycles. The summed E-state index contributed by atoms with van der Waals surface area (Å²) in [5.41, 5.74) is 9.72. The van der Waals surface area contributed by atoms with E-state index in [0.29, 0.717) is 23.7 Å². The normalized spacial score (nSPS) is 28.1. The van der Waals surface area contributed by atoms with Crippen molar-refractivity contribution in [2.75, 3.05) is 0 Å². The van der Waals surface area contributed by atoms with Gasteiger partial charge in [-0.25, -0.2) is 4.98 Å². The lowest BCUT2D eigenvalue weighted by atomic mass is 9.62. The zero-order valence-electron chi connectivity index (χ0n) is 18.1. The summed E-state index contributed by atoms with van der Waals surface area (Å²) in [7, 11) is 0. The number of aryl methyl sites for hydroxylation is 1. The van der Waals surface area contributed by atoms with Crippen molar-refractivity contribution in [1.82, 2.24) is 4.98 Å². The molecule has 5 unspecified atom stereocenters. The molecule has 0 radical (unpaired) electrons. The van der Waals surface area contributed by atoms with Gasteiger partial charge in [0.25, 0.3) is 0 Å². The third-order valence-electron chi connectivity index (χ3n) is 7.25. The monoisotopic (exact) mass is 365 g/mol. The molecule has 1 heterocycles. The first-order valence-corrected chi connectivity index (χ1v) is 10.9. The van der Waals surface area contributed by atoms with E-state index in [0.717, 1.165) is 29.3 Å². The fourth-order valence-electron chi connectivity index (χ4n) is 5.65. The molecule has 0 spiro atoms. The fourth-order valence-corrected chi connectivity index (χ4v) is 5.65. The molecule has 0 saturated carbocycles. The van der Waals surface area contributed by atoms with Crippen LogP contribution in [0, 0.1) is 12.8 Å². The summed E-state index contributed by atoms with van der Waals surface area (Å²) < 4.78 is 6.47. The molecule has 5 atom stereocenters. The molecule has 2 heteroatoms. The summed E-state index contributed by atoms with van der Waals surface area (Å²) in [5.74, 6) is 3.81. The summed E-state index contributed by atoms with van der Waals surface area (Å²) in [6, 6.07) is 0. The lowest BCUT2D eigenvalue weighted by Gasteiger charge is -2.42. The maximum atomic E-state index is 6.47. The Kier molecular flexibility index (Phi) is 4.72. The average Bonchev–Trinajstić information content (AvgIpc) is 3.05. The van der Waals surface area contributed by atoms with Crippen molar-refractivity contribution in [3.63, 3.8) is 0 Å². The molecule has 1 aromatic carbocycles. The van der Waals surface area contributed by atoms with Crippen LogP contribution in [0.3, 0.4) is 0 Å². The molecule has 2 nitrogen and oxygen atoms in total. The van der Waals surface area contributed by atoms with E-state index in [1.165, 1.54) is 36.0 Å². The van der Waals surface area contributed by atoms with E-state index in [1.54, 1.807) is 11.1 Å². The highest BCUT2D eigenvalue weighted by Gasteiger charge is 2.40. The molecule has 0 fully saturated rings. The zero-order chi connectivity index (χ0) is 19.5. The Balaban J connectivity index is 2.07. The Morgan fingerprint density at radius 2 is 1.93 bits per heavy atom. The van der Waals surface area contributed by atoms with Crippen LogP contribution in [0.25, 0.3) is 11.1 Å². The number of nitrogens with zero attached hydrogens (tertiary/aromatic N) is 1. The molecule has 27 heavy (non-hydrogen) atoms. The standard InChI is InChI=1S/C25H35NO/c1-8-14(4)25-26-23-17(7)21-18(11-13(2)3)12-16(6)19-10-9-15(5)20(22(19)21)24(23)27-25/h11,14-16,18-19H,8-10,12H2,1-7H3. The van der Waals surface area contributed by atoms with Gasteiger partial charge in [0.15, 0.2) is 11.5 Å². The molecule has 2 aromatic rings. The Morgan fingerprint density at radius 3 is 2.59 bits per heavy atom. The average molecular weight is 366 g/mol. The van der Waals surface area contributed by atoms with E-state index >= 15 is 0 Å². The number of fused-ring (bicyclic) bond motifs is 2. The van der Waals surface area contributed by atoms with E-state index < -0.39 is 0 Å². The van der Waals surface area contributed by atoms with E-state index in [9.17, 15) is 0 Å². The van der Waals surface area contributed by atoms with Gasteiger partial charge >= 0.3 is 0 Å². The molecular weight excluding hydrogens is 330 g/mol. The number of oxazole rings is 1. The van der Waals surface area contributed by atoms with Crippen molar-refractivity contribution in [1.29, 1.82) is 0 Å². The van der Waals surface area contributed by atoms with Crippen LogP contribution < -0.4 is 0 Å². The second-order valence-electron chi connectivity index (χ2n) is 9.55. The van der Waals surface area contributed by atoms with Gasteiger partial charge in [0, 0.05) is 17.4 Å². The predicted octanol–water partition coefficient (Wildman–Crippen LogP) is 7.72. The van der Waals surface area contributed by atoms with Gasteiger partial charge in [0.2, 0.25) is 0 Å². The fraction of sp³-hybridized carbons (Fsp3) is 0.640. The third kappa shape index (κ3) is 2.87. The summed E-state index contributed by atoms with van der Waals surface area (Å²) in [6.45, 7) is 16.1. The van der Waals surface area contributed by atoms with Gasteiger partial charge < -0.3 is 4.42 Å². The molecule has 0 N–H and O–H groups in total. The Hall–Kier alpha value is -1.57. The first-order chi connectivity index (χ1) is 12.8. The van der Waals surface area contributed by atoms with Crippen molar-refractivity contribution in [2.45, 2.75) is 97.8 Å². The Bertz CT molecular complexity index is 899. The van der Waals surface area contributed by atoms with Gasteiger partial charge in [-0.05, 0) is 80.9 Å². The summed E-state index contributed by atoms with van der Waals surface area (Å²) in [6.07, 6.45) is 7.42. The van der Waals surface area contributed by atoms with Gasteiger partial charge in [0.05, 0.1) is 0 Å². The zero-order valence-corrected chi connectivity index (χ0v) is 18.1. The van der Waals surface area contributed by atoms with Crippen molar-refractivity contribution in [2.24, 2.45) is 5.92 Å². The number of allylic oxidation sites excluding steroid dienone is 2. The third-order valence-corrected chi connectivity index (χ3v) is 7.25. The highest BCUT2D eigenvalue weighted by Crippen LogP contribution is 2.55. The van der Waals surface area contributed by atoms with Crippen LogP contribution in [0.1, 0.15) is 119 Å². The Morgan fingerprint density at radius 1 is 1.19 bits per heavy atom. The van der Waals surface area contributed by atoms with Crippen molar-refractivity contribution < 1.29 is 4.42 Å². The van der Waals surface area contributed by atoms with Gasteiger partial charge in [-0.2, -0.15) is 0 Å². The highest BCUT2D eigenvalue weighted by molar-refractivity contribution is 5.85. The lowest BCUT2D eigenvalue weighted by Crippen LogP contribution is -2.28. The van der Waals surface area contributed by atoms with Crippen LogP contribution in [0.4, 0.5) is 0 Å². The first-order valence-electron chi connectivity index (χ1n) is 10.9. The minimum Gasteiger partial charge on any atom is -0.440 e. The SMILES string of the molecule is CCC(C)c1nc2c(C)c3c4c(c2o1)C(C)CCC4C(C)CC3C=C(C)C. The van der Waals surface area contributed by atoms with Crippen molar-refractivity contribution in [3.8, 4) is 0 Å². The molecular formula is C25H35NO. The van der Waals surface area contributed by atoms with E-state index in [2.05, 4.69) is 54.5 Å². The van der Waals surface area contributed by atoms with Gasteiger partial charge in [-0.1, -0.05) is 39.3 Å². The molecule has 0 amide bonds. The highest BCUT2D eigenvalue weighted by atomic mass is 16.3. The number of rotatable bonds is 3. The van der Waals surface area contributed by atoms with Gasteiger partial charge in [0.1, 0.15) is 5.52 Å². The molecule has 0 aliphatic heterocycles. The summed E-state index contributed by atoms with van der Waals surface area (Å²) in [4.78, 5) is 5.03. The van der Waals surface area contributed by atoms with Crippen LogP contribution >= 0.6 is 0 Å². The van der Waals surface area contributed by atoms with Crippen LogP contribution in [0.2, 0.25) is 0 Å². The minimum absolute atomic E-state index is 0.378. The number of hydrogen-bond acceptors (Lipinski definition) is 2. The minimum atomic E-state index is 0.378. The van der Waals surface area contributed by atoms with Gasteiger partial charge in [-0.15, -0.1) is 0 Å². The maximum absolute atomic E-state index is 6.47. The number of aromatic nitrogens is 1. The summed E-state index contributed by atoms with van der Waals surface area (Å²) >= 11 is 0. The second kappa shape index (κ2) is 6.79. The topological polar surface area (TPSA) is 26.0 Å². The van der Waals surface area contributed by atoms with Crippen LogP contribution in [-0.4, -0.2) is 4.98 Å². The smallest absolute Gasteiger partial charge is 0.198 e. The maximum Gasteiger partial charge on any atom is 0.198 e. The van der Waals surface area contributed by atoms with Gasteiger partial charge in [-0.3, -0.25) is 0 Å². The lowest BCUT2D eigenvalue weighted by molar-refractivity contribution is 0.332. The molecule has 146 valence electrons. The van der Waals surface area contributed by atoms with E-state index in [4.69, 9.17) is 9.40 Å². The quantitative estimate of drug-likeness (QED) is 0.520. The first kappa shape index (κ1) is 18.8. The van der Waals surface area contributed by atoms with Crippen molar-refractivity contribution in [3.05, 3.63) is 39.8 Å². The Labute approximate surface area is 164 Å². The second-order valence-corrected chi connectivity index (χ2v) is 9.55. The molecule has 4 rings (SSSR count). The summed E-state index contributed by atoms with van der Waals surface area (Å²) in [5, 5.41) is 0.